The molecule has 1 aromatic heterocycles. The van der Waals surface area contributed by atoms with Gasteiger partial charge in [-0.1, -0.05) is 18.3 Å². The number of rotatable bonds is 5. The van der Waals surface area contributed by atoms with Gasteiger partial charge in [0.05, 0.1) is 5.57 Å². The topological polar surface area (TPSA) is 71.2 Å². The van der Waals surface area contributed by atoms with E-state index in [0.29, 0.717) is 36.5 Å². The first-order valence-electron chi connectivity index (χ1n) is 8.32. The number of amides is 1. The maximum absolute atomic E-state index is 13.9. The number of nitrogens with one attached hydrogen (secondary N) is 1. The van der Waals surface area contributed by atoms with Gasteiger partial charge in [0.1, 0.15) is 10.8 Å². The lowest BCUT2D eigenvalue weighted by molar-refractivity contribution is -0.115. The molecule has 0 spiro atoms. The molecule has 1 aromatic carbocycles. The van der Waals surface area contributed by atoms with E-state index < -0.39 is 0 Å². The minimum atomic E-state index is -0.354. The summed E-state index contributed by atoms with van der Waals surface area (Å²) in [7, 11) is 0. The minimum absolute atomic E-state index is 0.0232. The first-order valence-corrected chi connectivity index (χ1v) is 9.52. The van der Waals surface area contributed by atoms with Gasteiger partial charge < -0.3 is 16.0 Å². The Morgan fingerprint density at radius 1 is 1.44 bits per heavy atom. The standard InChI is InChI=1S/C19H18BrFN4OS/c1-11-14(21)3-2-4-16(11)25-8-6-15(17(18(22)27)19(25)26)24-9-12-5-7-23-10-13(12)20/h2-5,7,10,24H,6,8-9H2,1H3,(H2,22,27). The number of carbonyl (C=O) groups is 1. The predicted octanol–water partition coefficient (Wildman–Crippen LogP) is 3.36. The Hall–Kier alpha value is -2.32. The van der Waals surface area contributed by atoms with Crippen molar-refractivity contribution in [2.24, 2.45) is 5.73 Å². The van der Waals surface area contributed by atoms with Gasteiger partial charge in [-0.2, -0.15) is 0 Å². The van der Waals surface area contributed by atoms with Crippen LogP contribution < -0.4 is 16.0 Å². The summed E-state index contributed by atoms with van der Waals surface area (Å²) in [5.74, 6) is -0.675. The Morgan fingerprint density at radius 3 is 2.93 bits per heavy atom. The second kappa shape index (κ2) is 8.14. The Labute approximate surface area is 170 Å². The maximum Gasteiger partial charge on any atom is 0.263 e. The molecule has 0 atom stereocenters. The van der Waals surface area contributed by atoms with E-state index in [1.807, 2.05) is 6.07 Å². The number of thiocarbonyl (C=S) groups is 1. The number of anilines is 1. The van der Waals surface area contributed by atoms with Crippen LogP contribution in [0.4, 0.5) is 10.1 Å². The average molecular weight is 449 g/mol. The number of pyridine rings is 1. The molecule has 0 radical (unpaired) electrons. The van der Waals surface area contributed by atoms with Crippen molar-refractivity contribution in [3.63, 3.8) is 0 Å². The van der Waals surface area contributed by atoms with Crippen LogP contribution in [0.25, 0.3) is 0 Å². The molecule has 3 rings (SSSR count). The Kier molecular flexibility index (Phi) is 5.86. The lowest BCUT2D eigenvalue weighted by Crippen LogP contribution is -2.43. The zero-order chi connectivity index (χ0) is 19.6. The van der Waals surface area contributed by atoms with Crippen LogP contribution in [0.5, 0.6) is 0 Å². The lowest BCUT2D eigenvalue weighted by atomic mass is 10.0. The van der Waals surface area contributed by atoms with E-state index in [1.165, 1.54) is 11.0 Å². The van der Waals surface area contributed by atoms with Gasteiger partial charge in [0, 0.05) is 53.3 Å². The highest BCUT2D eigenvalue weighted by molar-refractivity contribution is 9.10. The van der Waals surface area contributed by atoms with Crippen LogP contribution in [0.3, 0.4) is 0 Å². The summed E-state index contributed by atoms with van der Waals surface area (Å²) in [5.41, 5.74) is 8.76. The molecule has 0 aliphatic carbocycles. The molecule has 1 amide bonds. The Bertz CT molecular complexity index is 947. The highest BCUT2D eigenvalue weighted by Gasteiger charge is 2.31. The lowest BCUT2D eigenvalue weighted by Gasteiger charge is -2.31. The zero-order valence-electron chi connectivity index (χ0n) is 14.6. The molecule has 140 valence electrons. The quantitative estimate of drug-likeness (QED) is 0.686. The molecule has 1 aliphatic rings. The fourth-order valence-corrected chi connectivity index (χ4v) is 3.61. The molecule has 0 saturated carbocycles. The van der Waals surface area contributed by atoms with Crippen LogP contribution in [0.15, 0.2) is 52.4 Å². The molecule has 5 nitrogen and oxygen atoms in total. The van der Waals surface area contributed by atoms with Crippen LogP contribution in [-0.2, 0) is 11.3 Å². The molecule has 0 fully saturated rings. The van der Waals surface area contributed by atoms with Crippen molar-refractivity contribution in [3.05, 3.63) is 69.3 Å². The fourth-order valence-electron chi connectivity index (χ4n) is 3.01. The SMILES string of the molecule is Cc1c(F)cccc1N1CCC(NCc2ccncc2Br)=C(C(N)=S)C1=O. The number of halogens is 2. The van der Waals surface area contributed by atoms with Crippen LogP contribution in [0, 0.1) is 12.7 Å². The van der Waals surface area contributed by atoms with E-state index in [1.54, 1.807) is 31.5 Å². The number of hydrogen-bond acceptors (Lipinski definition) is 4. The van der Waals surface area contributed by atoms with Gasteiger partial charge in [-0.3, -0.25) is 9.78 Å². The molecule has 1 aliphatic heterocycles. The highest BCUT2D eigenvalue weighted by Crippen LogP contribution is 2.28. The number of carbonyl (C=O) groups excluding carboxylic acids is 1. The molecule has 3 N–H and O–H groups in total. The number of benzene rings is 1. The summed E-state index contributed by atoms with van der Waals surface area (Å²) >= 11 is 8.58. The summed E-state index contributed by atoms with van der Waals surface area (Å²) in [6, 6.07) is 6.56. The van der Waals surface area contributed by atoms with Gasteiger partial charge in [0.25, 0.3) is 5.91 Å². The van der Waals surface area contributed by atoms with E-state index >= 15 is 0 Å². The largest absolute Gasteiger partial charge is 0.389 e. The van der Waals surface area contributed by atoms with Crippen molar-refractivity contribution in [2.45, 2.75) is 19.9 Å². The highest BCUT2D eigenvalue weighted by atomic mass is 79.9. The Balaban J connectivity index is 1.89. The van der Waals surface area contributed by atoms with Gasteiger partial charge in [-0.15, -0.1) is 0 Å². The third kappa shape index (κ3) is 4.01. The fraction of sp³-hybridized carbons (Fsp3) is 0.211. The van der Waals surface area contributed by atoms with Crippen LogP contribution in [0.1, 0.15) is 17.5 Å². The number of aromatic nitrogens is 1. The first kappa shape index (κ1) is 19.4. The summed E-state index contributed by atoms with van der Waals surface area (Å²) in [6.07, 6.45) is 3.95. The normalized spacial score (nSPS) is 14.5. The number of nitrogens with zero attached hydrogens (tertiary/aromatic N) is 2. The number of nitrogens with two attached hydrogens (primary N) is 1. The van der Waals surface area contributed by atoms with E-state index in [2.05, 4.69) is 26.2 Å². The monoisotopic (exact) mass is 448 g/mol. The van der Waals surface area contributed by atoms with E-state index in [0.717, 1.165) is 10.0 Å². The third-order valence-corrected chi connectivity index (χ3v) is 5.39. The molecule has 2 aromatic rings. The van der Waals surface area contributed by atoms with Gasteiger partial charge in [0.2, 0.25) is 0 Å². The van der Waals surface area contributed by atoms with Gasteiger partial charge in [-0.05, 0) is 46.6 Å². The minimum Gasteiger partial charge on any atom is -0.389 e. The summed E-state index contributed by atoms with van der Waals surface area (Å²) in [4.78, 5) is 18.6. The Morgan fingerprint density at radius 2 is 2.22 bits per heavy atom. The average Bonchev–Trinajstić information content (AvgIpc) is 2.63. The molecule has 8 heteroatoms. The van der Waals surface area contributed by atoms with E-state index in [9.17, 15) is 9.18 Å². The third-order valence-electron chi connectivity index (χ3n) is 4.47. The predicted molar refractivity (Wildman–Crippen MR) is 111 cm³/mol. The molecule has 27 heavy (non-hydrogen) atoms. The number of hydrogen-bond donors (Lipinski definition) is 2. The van der Waals surface area contributed by atoms with Gasteiger partial charge in [0.15, 0.2) is 0 Å². The van der Waals surface area contributed by atoms with Gasteiger partial charge >= 0.3 is 0 Å². The zero-order valence-corrected chi connectivity index (χ0v) is 17.0. The van der Waals surface area contributed by atoms with Crippen LogP contribution in [-0.4, -0.2) is 22.4 Å². The van der Waals surface area contributed by atoms with Crippen LogP contribution >= 0.6 is 28.1 Å². The van der Waals surface area contributed by atoms with Crippen molar-refractivity contribution >= 4 is 44.7 Å². The molecule has 0 bridgehead atoms. The smallest absolute Gasteiger partial charge is 0.263 e. The molecule has 0 unspecified atom stereocenters. The second-order valence-corrected chi connectivity index (χ2v) is 7.42. The van der Waals surface area contributed by atoms with Gasteiger partial charge in [-0.25, -0.2) is 4.39 Å². The van der Waals surface area contributed by atoms with E-state index in [4.69, 9.17) is 18.0 Å². The molecule has 2 heterocycles. The van der Waals surface area contributed by atoms with Crippen molar-refractivity contribution < 1.29 is 9.18 Å². The van der Waals surface area contributed by atoms with Crippen molar-refractivity contribution in [1.29, 1.82) is 0 Å². The summed E-state index contributed by atoms with van der Waals surface area (Å²) in [5, 5.41) is 3.27. The summed E-state index contributed by atoms with van der Waals surface area (Å²) < 4.78 is 14.8. The van der Waals surface area contributed by atoms with Crippen LogP contribution in [0.2, 0.25) is 0 Å². The molecule has 0 saturated heterocycles. The molecular formula is C19H18BrFN4OS. The van der Waals surface area contributed by atoms with Crippen molar-refractivity contribution in [1.82, 2.24) is 10.3 Å². The molecular weight excluding hydrogens is 431 g/mol. The second-order valence-electron chi connectivity index (χ2n) is 6.13. The van der Waals surface area contributed by atoms with Crippen molar-refractivity contribution in [3.8, 4) is 0 Å². The summed E-state index contributed by atoms with van der Waals surface area (Å²) in [6.45, 7) is 2.56. The van der Waals surface area contributed by atoms with E-state index in [-0.39, 0.29) is 22.3 Å². The first-order chi connectivity index (χ1) is 12.9. The van der Waals surface area contributed by atoms with Crippen molar-refractivity contribution in [2.75, 3.05) is 11.4 Å². The maximum atomic E-state index is 13.9.